The first-order valence-corrected chi connectivity index (χ1v) is 7.25. The first-order valence-electron chi connectivity index (χ1n) is 7.25. The van der Waals surface area contributed by atoms with E-state index < -0.39 is 0 Å². The highest BCUT2D eigenvalue weighted by molar-refractivity contribution is 5.92. The van der Waals surface area contributed by atoms with Crippen molar-refractivity contribution < 1.29 is 0 Å². The summed E-state index contributed by atoms with van der Waals surface area (Å²) < 4.78 is 0. The van der Waals surface area contributed by atoms with Gasteiger partial charge in [0.2, 0.25) is 0 Å². The number of aromatic nitrogens is 1. The molecule has 0 bridgehead atoms. The van der Waals surface area contributed by atoms with Gasteiger partial charge in [-0.1, -0.05) is 24.3 Å². The van der Waals surface area contributed by atoms with Crippen LogP contribution in [0.1, 0.15) is 33.4 Å². The number of anilines is 1. The van der Waals surface area contributed by atoms with Crippen LogP contribution in [0.2, 0.25) is 0 Å². The smallest absolute Gasteiger partial charge is 0.136 e. The molecule has 2 rings (SSSR count). The summed E-state index contributed by atoms with van der Waals surface area (Å²) in [6, 6.07) is 10.6. The van der Waals surface area contributed by atoms with Gasteiger partial charge in [0.25, 0.3) is 0 Å². The number of hydrogen-bond donors (Lipinski definition) is 1. The summed E-state index contributed by atoms with van der Waals surface area (Å²) in [5, 5.41) is 5.98. The van der Waals surface area contributed by atoms with Crippen LogP contribution in [-0.2, 0) is 6.54 Å². The fraction of sp³-hybridized carbons (Fsp3) is 0.471. The molecule has 0 radical (unpaired) electrons. The zero-order valence-corrected chi connectivity index (χ0v) is 13.2. The summed E-state index contributed by atoms with van der Waals surface area (Å²) in [4.78, 5) is 7.04. The van der Waals surface area contributed by atoms with Gasteiger partial charge in [0, 0.05) is 31.1 Å². The lowest BCUT2D eigenvalue weighted by molar-refractivity contribution is 0.421. The van der Waals surface area contributed by atoms with Crippen molar-refractivity contribution in [2.45, 2.75) is 39.8 Å². The molecule has 1 N–H and O–H groups in total. The number of nitrogens with one attached hydrogen (secondary N) is 1. The van der Waals surface area contributed by atoms with E-state index in [9.17, 15) is 0 Å². The average Bonchev–Trinajstić information content (AvgIpc) is 2.42. The Morgan fingerprint density at radius 3 is 2.55 bits per heavy atom. The Morgan fingerprint density at radius 2 is 1.90 bits per heavy atom. The van der Waals surface area contributed by atoms with Crippen LogP contribution >= 0.6 is 0 Å². The predicted octanol–water partition coefficient (Wildman–Crippen LogP) is 3.58. The van der Waals surface area contributed by atoms with Crippen molar-refractivity contribution in [3.05, 3.63) is 36.0 Å². The number of nitrogens with zero attached hydrogens (tertiary/aromatic N) is 2. The molecule has 0 aliphatic heterocycles. The normalized spacial score (nSPS) is 11.8. The van der Waals surface area contributed by atoms with E-state index in [1.165, 1.54) is 10.8 Å². The van der Waals surface area contributed by atoms with Gasteiger partial charge in [-0.3, -0.25) is 0 Å². The van der Waals surface area contributed by atoms with Crippen LogP contribution in [0.3, 0.4) is 0 Å². The quantitative estimate of drug-likeness (QED) is 0.921. The van der Waals surface area contributed by atoms with Crippen molar-refractivity contribution in [1.82, 2.24) is 10.3 Å². The van der Waals surface area contributed by atoms with E-state index in [4.69, 9.17) is 4.98 Å². The number of pyridine rings is 1. The maximum absolute atomic E-state index is 4.84. The minimum absolute atomic E-state index is 0.101. The van der Waals surface area contributed by atoms with Gasteiger partial charge in [-0.15, -0.1) is 0 Å². The van der Waals surface area contributed by atoms with Crippen molar-refractivity contribution in [2.24, 2.45) is 0 Å². The van der Waals surface area contributed by atoms with E-state index in [0.717, 1.165) is 24.6 Å². The molecular formula is C17H25N3. The molecule has 0 aliphatic rings. The predicted molar refractivity (Wildman–Crippen MR) is 87.3 cm³/mol. The number of rotatable bonds is 4. The molecule has 1 aromatic heterocycles. The SMILES string of the molecule is CCN(C)c1nc(CNC(C)(C)C)cc2ccccc12. The number of fused-ring (bicyclic) bond motifs is 1. The fourth-order valence-corrected chi connectivity index (χ4v) is 2.12. The summed E-state index contributed by atoms with van der Waals surface area (Å²) in [7, 11) is 2.09. The molecule has 0 aliphatic carbocycles. The lowest BCUT2D eigenvalue weighted by atomic mass is 10.1. The second-order valence-corrected chi connectivity index (χ2v) is 6.28. The topological polar surface area (TPSA) is 28.2 Å². The van der Waals surface area contributed by atoms with Crippen LogP contribution < -0.4 is 10.2 Å². The van der Waals surface area contributed by atoms with E-state index in [2.05, 4.69) is 75.3 Å². The van der Waals surface area contributed by atoms with Gasteiger partial charge in [-0.25, -0.2) is 4.98 Å². The van der Waals surface area contributed by atoms with E-state index in [1.807, 2.05) is 0 Å². The maximum atomic E-state index is 4.84. The third-order valence-electron chi connectivity index (χ3n) is 3.41. The van der Waals surface area contributed by atoms with E-state index in [1.54, 1.807) is 0 Å². The standard InChI is InChI=1S/C17H25N3/c1-6-20(5)16-15-10-8-7-9-13(15)11-14(19-16)12-18-17(2,3)4/h7-11,18H,6,12H2,1-5H3. The van der Waals surface area contributed by atoms with Crippen LogP contribution in [-0.4, -0.2) is 24.1 Å². The summed E-state index contributed by atoms with van der Waals surface area (Å²) in [6.45, 7) is 10.4. The van der Waals surface area contributed by atoms with Crippen LogP contribution in [0, 0.1) is 0 Å². The molecule has 2 aromatic rings. The Bertz CT molecular complexity index is 584. The van der Waals surface area contributed by atoms with Crippen molar-refractivity contribution in [3.8, 4) is 0 Å². The maximum Gasteiger partial charge on any atom is 0.136 e. The minimum Gasteiger partial charge on any atom is -0.359 e. The third-order valence-corrected chi connectivity index (χ3v) is 3.41. The lowest BCUT2D eigenvalue weighted by Gasteiger charge is -2.22. The molecule has 0 atom stereocenters. The van der Waals surface area contributed by atoms with Gasteiger partial charge < -0.3 is 10.2 Å². The Kier molecular flexibility index (Phi) is 4.29. The van der Waals surface area contributed by atoms with Crippen molar-refractivity contribution >= 4 is 16.6 Å². The molecule has 3 nitrogen and oxygen atoms in total. The molecule has 0 unspecified atom stereocenters. The molecule has 3 heteroatoms. The fourth-order valence-electron chi connectivity index (χ4n) is 2.12. The molecule has 108 valence electrons. The second-order valence-electron chi connectivity index (χ2n) is 6.28. The molecule has 1 heterocycles. The summed E-state index contributed by atoms with van der Waals surface area (Å²) in [6.07, 6.45) is 0. The molecule has 20 heavy (non-hydrogen) atoms. The highest BCUT2D eigenvalue weighted by atomic mass is 15.2. The van der Waals surface area contributed by atoms with Gasteiger partial charge in [-0.05, 0) is 39.1 Å². The Balaban J connectivity index is 2.42. The zero-order chi connectivity index (χ0) is 14.8. The monoisotopic (exact) mass is 271 g/mol. The molecule has 0 spiro atoms. The zero-order valence-electron chi connectivity index (χ0n) is 13.2. The van der Waals surface area contributed by atoms with Crippen LogP contribution in [0.25, 0.3) is 10.8 Å². The highest BCUT2D eigenvalue weighted by Crippen LogP contribution is 2.25. The molecule has 1 aromatic carbocycles. The third kappa shape index (κ3) is 3.48. The van der Waals surface area contributed by atoms with Crippen molar-refractivity contribution in [3.63, 3.8) is 0 Å². The molecule has 0 fully saturated rings. The van der Waals surface area contributed by atoms with Crippen LogP contribution in [0.15, 0.2) is 30.3 Å². The first kappa shape index (κ1) is 14.8. The van der Waals surface area contributed by atoms with Gasteiger partial charge in [-0.2, -0.15) is 0 Å². The van der Waals surface area contributed by atoms with E-state index in [0.29, 0.717) is 0 Å². The molecule has 0 amide bonds. The molecule has 0 saturated carbocycles. The van der Waals surface area contributed by atoms with Gasteiger partial charge in [0.05, 0.1) is 5.69 Å². The van der Waals surface area contributed by atoms with Gasteiger partial charge in [0.15, 0.2) is 0 Å². The Labute approximate surface area is 122 Å². The lowest BCUT2D eigenvalue weighted by Crippen LogP contribution is -2.35. The van der Waals surface area contributed by atoms with Crippen molar-refractivity contribution in [2.75, 3.05) is 18.5 Å². The first-order chi connectivity index (χ1) is 9.40. The van der Waals surface area contributed by atoms with E-state index >= 15 is 0 Å². The van der Waals surface area contributed by atoms with Gasteiger partial charge >= 0.3 is 0 Å². The van der Waals surface area contributed by atoms with E-state index in [-0.39, 0.29) is 5.54 Å². The Morgan fingerprint density at radius 1 is 1.20 bits per heavy atom. The van der Waals surface area contributed by atoms with Crippen LogP contribution in [0.4, 0.5) is 5.82 Å². The summed E-state index contributed by atoms with van der Waals surface area (Å²) in [5.41, 5.74) is 1.19. The van der Waals surface area contributed by atoms with Crippen molar-refractivity contribution in [1.29, 1.82) is 0 Å². The molecule has 0 saturated heterocycles. The van der Waals surface area contributed by atoms with Crippen LogP contribution in [0.5, 0.6) is 0 Å². The summed E-state index contributed by atoms with van der Waals surface area (Å²) >= 11 is 0. The molecular weight excluding hydrogens is 246 g/mol. The average molecular weight is 271 g/mol. The largest absolute Gasteiger partial charge is 0.359 e. The minimum atomic E-state index is 0.101. The summed E-state index contributed by atoms with van der Waals surface area (Å²) in [5.74, 6) is 1.07. The Hall–Kier alpha value is -1.61. The number of benzene rings is 1. The number of hydrogen-bond acceptors (Lipinski definition) is 3. The second kappa shape index (κ2) is 5.80. The highest BCUT2D eigenvalue weighted by Gasteiger charge is 2.12. The van der Waals surface area contributed by atoms with Gasteiger partial charge in [0.1, 0.15) is 5.82 Å².